The fourth-order valence-electron chi connectivity index (χ4n) is 2.61. The Kier molecular flexibility index (Phi) is 5.46. The van der Waals surface area contributed by atoms with E-state index in [2.05, 4.69) is 46.7 Å². The number of amides is 1. The van der Waals surface area contributed by atoms with Gasteiger partial charge < -0.3 is 16.2 Å². The molecule has 1 atom stereocenters. The summed E-state index contributed by atoms with van der Waals surface area (Å²) in [5.74, 6) is -0.425. The number of hydrogen-bond donors (Lipinski definition) is 4. The summed E-state index contributed by atoms with van der Waals surface area (Å²) in [7, 11) is 0. The van der Waals surface area contributed by atoms with Gasteiger partial charge in [0.1, 0.15) is 6.04 Å². The number of nitrogens with one attached hydrogen (secondary N) is 2. The molecule has 1 unspecified atom stereocenters. The third-order valence-electron chi connectivity index (χ3n) is 4.21. The van der Waals surface area contributed by atoms with Gasteiger partial charge in [0.05, 0.1) is 18.0 Å². The number of aliphatic hydroxyl groups excluding tert-OH is 1. The molecule has 5 N–H and O–H groups in total. The van der Waals surface area contributed by atoms with E-state index >= 15 is 0 Å². The molecule has 6 heteroatoms. The molecule has 0 aliphatic heterocycles. The zero-order chi connectivity index (χ0) is 18.5. The van der Waals surface area contributed by atoms with Crippen LogP contribution in [0.5, 0.6) is 0 Å². The molecule has 1 heterocycles. The summed E-state index contributed by atoms with van der Waals surface area (Å²) in [6.07, 6.45) is 1.00. The second-order valence-corrected chi connectivity index (χ2v) is 6.08. The number of aliphatic hydroxyl groups is 1. The number of hydrogen-bond acceptors (Lipinski definition) is 4. The molecule has 0 bridgehead atoms. The van der Waals surface area contributed by atoms with Crippen LogP contribution in [0, 0.1) is 0 Å². The molecule has 1 aromatic heterocycles. The quantitative estimate of drug-likeness (QED) is 0.548. The number of anilines is 1. The summed E-state index contributed by atoms with van der Waals surface area (Å²) < 4.78 is 0. The molecule has 0 saturated carbocycles. The van der Waals surface area contributed by atoms with Crippen LogP contribution in [0.15, 0.2) is 54.6 Å². The van der Waals surface area contributed by atoms with Gasteiger partial charge in [-0.15, -0.1) is 0 Å². The van der Waals surface area contributed by atoms with Crippen molar-refractivity contribution in [1.29, 1.82) is 0 Å². The maximum atomic E-state index is 11.8. The molecule has 0 aliphatic carbocycles. The van der Waals surface area contributed by atoms with Crippen LogP contribution in [0.1, 0.15) is 12.5 Å². The van der Waals surface area contributed by atoms with Crippen molar-refractivity contribution in [3.05, 3.63) is 60.2 Å². The summed E-state index contributed by atoms with van der Waals surface area (Å²) >= 11 is 0. The van der Waals surface area contributed by atoms with Crippen LogP contribution in [0.4, 0.5) is 5.69 Å². The van der Waals surface area contributed by atoms with Crippen LogP contribution in [0.3, 0.4) is 0 Å². The van der Waals surface area contributed by atoms with Crippen molar-refractivity contribution in [1.82, 2.24) is 10.2 Å². The third-order valence-corrected chi connectivity index (χ3v) is 4.21. The fraction of sp³-hybridized carbons (Fsp3) is 0.200. The molecule has 2 aromatic carbocycles. The Balaban J connectivity index is 1.80. The van der Waals surface area contributed by atoms with Crippen molar-refractivity contribution >= 4 is 11.6 Å². The second-order valence-electron chi connectivity index (χ2n) is 6.08. The van der Waals surface area contributed by atoms with Gasteiger partial charge in [0.2, 0.25) is 5.91 Å². The molecule has 134 valence electrons. The van der Waals surface area contributed by atoms with Crippen molar-refractivity contribution in [3.63, 3.8) is 0 Å². The third kappa shape index (κ3) is 3.99. The number of carbonyl (C=O) groups excluding carboxylic acids is 1. The molecule has 0 fully saturated rings. The summed E-state index contributed by atoms with van der Waals surface area (Å²) in [6.45, 7) is 1.73. The van der Waals surface area contributed by atoms with Crippen LogP contribution in [-0.4, -0.2) is 33.9 Å². The Morgan fingerprint density at radius 3 is 2.65 bits per heavy atom. The highest BCUT2D eigenvalue weighted by molar-refractivity contribution is 5.95. The number of rotatable bonds is 6. The summed E-state index contributed by atoms with van der Waals surface area (Å²) in [4.78, 5) is 11.8. The maximum Gasteiger partial charge on any atom is 0.243 e. The standard InChI is InChI=1S/C20H22N4O2/c1-2-13-6-8-14(9-7-13)18-11-19(24-23-18)15-4-3-5-16(10-15)22-20(26)17(21)12-25/h3-11,17,25H,2,12,21H2,1H3,(H,22,26)(H,23,24). The van der Waals surface area contributed by atoms with E-state index in [-0.39, 0.29) is 0 Å². The first kappa shape index (κ1) is 17.8. The number of nitrogens with two attached hydrogens (primary N) is 1. The molecular formula is C20H22N4O2. The van der Waals surface area contributed by atoms with Gasteiger partial charge in [0.15, 0.2) is 0 Å². The van der Waals surface area contributed by atoms with Crippen LogP contribution >= 0.6 is 0 Å². The Bertz CT molecular complexity index is 887. The number of H-pyrrole nitrogens is 1. The Morgan fingerprint density at radius 2 is 1.96 bits per heavy atom. The highest BCUT2D eigenvalue weighted by atomic mass is 16.3. The predicted octanol–water partition coefficient (Wildman–Crippen LogP) is 2.56. The van der Waals surface area contributed by atoms with Gasteiger partial charge in [-0.2, -0.15) is 5.10 Å². The lowest BCUT2D eigenvalue weighted by Gasteiger charge is -2.10. The van der Waals surface area contributed by atoms with Crippen molar-refractivity contribution in [2.75, 3.05) is 11.9 Å². The van der Waals surface area contributed by atoms with E-state index in [1.165, 1.54) is 5.56 Å². The average molecular weight is 350 g/mol. The summed E-state index contributed by atoms with van der Waals surface area (Å²) in [5, 5.41) is 19.1. The minimum Gasteiger partial charge on any atom is -0.394 e. The molecule has 0 radical (unpaired) electrons. The fourth-order valence-corrected chi connectivity index (χ4v) is 2.61. The van der Waals surface area contributed by atoms with Gasteiger partial charge >= 0.3 is 0 Å². The van der Waals surface area contributed by atoms with E-state index in [9.17, 15) is 4.79 Å². The Labute approximate surface area is 152 Å². The lowest BCUT2D eigenvalue weighted by molar-refractivity contribution is -0.118. The normalized spacial score (nSPS) is 12.0. The number of nitrogens with zero attached hydrogens (tertiary/aromatic N) is 1. The second kappa shape index (κ2) is 7.95. The number of aryl methyl sites for hydroxylation is 1. The van der Waals surface area contributed by atoms with Crippen molar-refractivity contribution in [2.24, 2.45) is 5.73 Å². The lowest BCUT2D eigenvalue weighted by atomic mass is 10.1. The van der Waals surface area contributed by atoms with Gasteiger partial charge in [-0.1, -0.05) is 43.3 Å². The first-order valence-electron chi connectivity index (χ1n) is 8.53. The molecule has 3 rings (SSSR count). The van der Waals surface area contributed by atoms with Crippen molar-refractivity contribution in [3.8, 4) is 22.5 Å². The molecule has 26 heavy (non-hydrogen) atoms. The van der Waals surface area contributed by atoms with Crippen LogP contribution in [0.25, 0.3) is 22.5 Å². The first-order valence-corrected chi connectivity index (χ1v) is 8.53. The highest BCUT2D eigenvalue weighted by Gasteiger charge is 2.13. The molecule has 0 spiro atoms. The van der Waals surface area contributed by atoms with Crippen LogP contribution in [-0.2, 0) is 11.2 Å². The van der Waals surface area contributed by atoms with E-state index in [4.69, 9.17) is 10.8 Å². The van der Waals surface area contributed by atoms with Gasteiger partial charge in [-0.05, 0) is 30.2 Å². The van der Waals surface area contributed by atoms with Gasteiger partial charge in [-0.3, -0.25) is 9.89 Å². The monoisotopic (exact) mass is 350 g/mol. The van der Waals surface area contributed by atoms with E-state index < -0.39 is 18.6 Å². The molecule has 0 saturated heterocycles. The molecule has 0 aliphatic rings. The zero-order valence-electron chi connectivity index (χ0n) is 14.6. The average Bonchev–Trinajstić information content (AvgIpc) is 3.18. The van der Waals surface area contributed by atoms with E-state index in [0.717, 1.165) is 28.9 Å². The van der Waals surface area contributed by atoms with Gasteiger partial charge in [0.25, 0.3) is 0 Å². The van der Waals surface area contributed by atoms with Gasteiger partial charge in [-0.25, -0.2) is 0 Å². The molecule has 1 amide bonds. The van der Waals surface area contributed by atoms with E-state index in [0.29, 0.717) is 5.69 Å². The summed E-state index contributed by atoms with van der Waals surface area (Å²) in [6, 6.07) is 16.7. The SMILES string of the molecule is CCc1ccc(-c2cc(-c3cccc(NC(=O)C(N)CO)c3)[nH]n2)cc1. The number of aromatic nitrogens is 2. The van der Waals surface area contributed by atoms with E-state index in [1.807, 2.05) is 24.3 Å². The molecule has 3 aromatic rings. The summed E-state index contributed by atoms with van der Waals surface area (Å²) in [5.41, 5.74) is 11.1. The van der Waals surface area contributed by atoms with Gasteiger partial charge in [0, 0.05) is 16.8 Å². The highest BCUT2D eigenvalue weighted by Crippen LogP contribution is 2.26. The molecule has 6 nitrogen and oxygen atoms in total. The largest absolute Gasteiger partial charge is 0.394 e. The lowest BCUT2D eigenvalue weighted by Crippen LogP contribution is -2.38. The first-order chi connectivity index (χ1) is 12.6. The minimum atomic E-state index is -0.941. The Hall–Kier alpha value is -2.96. The molecular weight excluding hydrogens is 328 g/mol. The predicted molar refractivity (Wildman–Crippen MR) is 103 cm³/mol. The smallest absolute Gasteiger partial charge is 0.243 e. The van der Waals surface area contributed by atoms with Crippen LogP contribution < -0.4 is 11.1 Å². The minimum absolute atomic E-state index is 0.397. The Morgan fingerprint density at radius 1 is 1.19 bits per heavy atom. The number of benzene rings is 2. The zero-order valence-corrected chi connectivity index (χ0v) is 14.6. The topological polar surface area (TPSA) is 104 Å². The van der Waals surface area contributed by atoms with E-state index in [1.54, 1.807) is 6.07 Å². The number of aromatic amines is 1. The van der Waals surface area contributed by atoms with Crippen molar-refractivity contribution < 1.29 is 9.90 Å². The van der Waals surface area contributed by atoms with Crippen molar-refractivity contribution in [2.45, 2.75) is 19.4 Å². The maximum absolute atomic E-state index is 11.8. The van der Waals surface area contributed by atoms with Crippen LogP contribution in [0.2, 0.25) is 0 Å². The number of carbonyl (C=O) groups is 1.